The lowest BCUT2D eigenvalue weighted by Gasteiger charge is -2.09. The molecule has 1 heterocycles. The van der Waals surface area contributed by atoms with Gasteiger partial charge in [0.05, 0.1) is 12.1 Å². The molecular formula is C13H13BrN2OS. The third-order valence-electron chi connectivity index (χ3n) is 2.54. The standard InChI is InChI=1S/C13H13BrN2OS/c1-15-11-5-3-2-4-9(11)13(17)16-8-12-10(14)6-7-18-12/h2-7,15H,8H2,1H3,(H,16,17). The molecule has 0 radical (unpaired) electrons. The Balaban J connectivity index is 2.06. The zero-order chi connectivity index (χ0) is 13.0. The zero-order valence-electron chi connectivity index (χ0n) is 9.87. The summed E-state index contributed by atoms with van der Waals surface area (Å²) in [6.45, 7) is 0.537. The zero-order valence-corrected chi connectivity index (χ0v) is 12.3. The molecule has 0 aliphatic heterocycles. The minimum Gasteiger partial charge on any atom is -0.387 e. The van der Waals surface area contributed by atoms with E-state index in [4.69, 9.17) is 0 Å². The lowest BCUT2D eigenvalue weighted by Crippen LogP contribution is -2.23. The van der Waals surface area contributed by atoms with Gasteiger partial charge in [-0.1, -0.05) is 12.1 Å². The van der Waals surface area contributed by atoms with Crippen molar-refractivity contribution in [2.75, 3.05) is 12.4 Å². The summed E-state index contributed by atoms with van der Waals surface area (Å²) in [5.74, 6) is -0.0692. The third-order valence-corrected chi connectivity index (χ3v) is 4.47. The van der Waals surface area contributed by atoms with E-state index in [1.54, 1.807) is 11.3 Å². The highest BCUT2D eigenvalue weighted by Gasteiger charge is 2.10. The predicted octanol–water partition coefficient (Wildman–Crippen LogP) is 3.48. The average molecular weight is 325 g/mol. The van der Waals surface area contributed by atoms with Crippen LogP contribution < -0.4 is 10.6 Å². The number of thiophene rings is 1. The van der Waals surface area contributed by atoms with Gasteiger partial charge in [-0.05, 0) is 39.5 Å². The lowest BCUT2D eigenvalue weighted by molar-refractivity contribution is 0.0952. The smallest absolute Gasteiger partial charge is 0.253 e. The number of halogens is 1. The number of hydrogen-bond acceptors (Lipinski definition) is 3. The van der Waals surface area contributed by atoms with Crippen LogP contribution in [-0.4, -0.2) is 13.0 Å². The Morgan fingerprint density at radius 3 is 2.78 bits per heavy atom. The topological polar surface area (TPSA) is 41.1 Å². The maximum Gasteiger partial charge on any atom is 0.253 e. The molecule has 0 fully saturated rings. The van der Waals surface area contributed by atoms with Gasteiger partial charge in [-0.15, -0.1) is 11.3 Å². The molecule has 2 N–H and O–H groups in total. The van der Waals surface area contributed by atoms with E-state index in [1.807, 2.05) is 42.8 Å². The van der Waals surface area contributed by atoms with Crippen LogP contribution in [0.4, 0.5) is 5.69 Å². The van der Waals surface area contributed by atoms with E-state index in [-0.39, 0.29) is 5.91 Å². The molecule has 0 bridgehead atoms. The number of nitrogens with one attached hydrogen (secondary N) is 2. The van der Waals surface area contributed by atoms with E-state index < -0.39 is 0 Å². The third kappa shape index (κ3) is 2.91. The molecule has 0 spiro atoms. The number of rotatable bonds is 4. The van der Waals surface area contributed by atoms with E-state index in [0.717, 1.165) is 15.0 Å². The molecule has 1 aromatic heterocycles. The molecule has 0 saturated carbocycles. The Kier molecular flexibility index (Phi) is 4.38. The Bertz CT molecular complexity index is 553. The minimum atomic E-state index is -0.0692. The summed E-state index contributed by atoms with van der Waals surface area (Å²) < 4.78 is 1.04. The van der Waals surface area contributed by atoms with Crippen LogP contribution in [-0.2, 0) is 6.54 Å². The molecule has 0 aliphatic carbocycles. The molecule has 3 nitrogen and oxygen atoms in total. The number of hydrogen-bond donors (Lipinski definition) is 2. The molecule has 2 aromatic rings. The summed E-state index contributed by atoms with van der Waals surface area (Å²) in [5, 5.41) is 7.93. The van der Waals surface area contributed by atoms with Crippen molar-refractivity contribution in [3.63, 3.8) is 0 Å². The number of para-hydroxylation sites is 1. The molecule has 2 rings (SSSR count). The van der Waals surface area contributed by atoms with Crippen molar-refractivity contribution < 1.29 is 4.79 Å². The molecule has 1 amide bonds. The van der Waals surface area contributed by atoms with Gasteiger partial charge in [0.2, 0.25) is 0 Å². The summed E-state index contributed by atoms with van der Waals surface area (Å²) in [7, 11) is 1.81. The van der Waals surface area contributed by atoms with Crippen LogP contribution >= 0.6 is 27.3 Å². The Morgan fingerprint density at radius 2 is 2.11 bits per heavy atom. The number of carbonyl (C=O) groups excluding carboxylic acids is 1. The molecule has 0 atom stereocenters. The van der Waals surface area contributed by atoms with E-state index in [0.29, 0.717) is 12.1 Å². The molecule has 18 heavy (non-hydrogen) atoms. The number of amides is 1. The maximum atomic E-state index is 12.1. The largest absolute Gasteiger partial charge is 0.387 e. The fourth-order valence-electron chi connectivity index (χ4n) is 1.61. The number of carbonyl (C=O) groups is 1. The van der Waals surface area contributed by atoms with Crippen LogP contribution in [0.25, 0.3) is 0 Å². The van der Waals surface area contributed by atoms with Crippen molar-refractivity contribution in [3.8, 4) is 0 Å². The van der Waals surface area contributed by atoms with Gasteiger partial charge in [0.15, 0.2) is 0 Å². The van der Waals surface area contributed by atoms with E-state index in [1.165, 1.54) is 0 Å². The Morgan fingerprint density at radius 1 is 1.33 bits per heavy atom. The Hall–Kier alpha value is -1.33. The summed E-state index contributed by atoms with van der Waals surface area (Å²) in [6, 6.07) is 9.43. The Labute approximate surface area is 118 Å². The lowest BCUT2D eigenvalue weighted by atomic mass is 10.1. The molecule has 94 valence electrons. The first-order valence-electron chi connectivity index (χ1n) is 5.49. The number of benzene rings is 1. The van der Waals surface area contributed by atoms with Crippen molar-refractivity contribution in [2.24, 2.45) is 0 Å². The van der Waals surface area contributed by atoms with Gasteiger partial charge in [-0.2, -0.15) is 0 Å². The summed E-state index contributed by atoms with van der Waals surface area (Å²) in [6.07, 6.45) is 0. The second kappa shape index (κ2) is 6.02. The van der Waals surface area contributed by atoms with Gasteiger partial charge in [0, 0.05) is 22.1 Å². The fourth-order valence-corrected chi connectivity index (χ4v) is 3.04. The summed E-state index contributed by atoms with van der Waals surface area (Å²) >= 11 is 5.07. The van der Waals surface area contributed by atoms with Crippen LogP contribution in [0.5, 0.6) is 0 Å². The molecule has 0 aliphatic rings. The minimum absolute atomic E-state index is 0.0692. The molecule has 1 aromatic carbocycles. The fraction of sp³-hybridized carbons (Fsp3) is 0.154. The second-order valence-electron chi connectivity index (χ2n) is 3.67. The molecule has 0 saturated heterocycles. The van der Waals surface area contributed by atoms with Crippen molar-refractivity contribution in [1.82, 2.24) is 5.32 Å². The van der Waals surface area contributed by atoms with Crippen LogP contribution in [0.3, 0.4) is 0 Å². The first kappa shape index (κ1) is 13.1. The van der Waals surface area contributed by atoms with Gasteiger partial charge in [-0.3, -0.25) is 4.79 Å². The molecule has 5 heteroatoms. The van der Waals surface area contributed by atoms with Crippen LogP contribution in [0.15, 0.2) is 40.2 Å². The quantitative estimate of drug-likeness (QED) is 0.904. The maximum absolute atomic E-state index is 12.1. The van der Waals surface area contributed by atoms with Crippen LogP contribution in [0, 0.1) is 0 Å². The highest BCUT2D eigenvalue weighted by atomic mass is 79.9. The van der Waals surface area contributed by atoms with Crippen LogP contribution in [0.2, 0.25) is 0 Å². The van der Waals surface area contributed by atoms with Crippen molar-refractivity contribution >= 4 is 38.9 Å². The summed E-state index contributed by atoms with van der Waals surface area (Å²) in [5.41, 5.74) is 1.49. The van der Waals surface area contributed by atoms with Crippen molar-refractivity contribution in [3.05, 3.63) is 50.6 Å². The first-order chi connectivity index (χ1) is 8.72. The molecule has 0 unspecified atom stereocenters. The second-order valence-corrected chi connectivity index (χ2v) is 5.52. The normalized spacial score (nSPS) is 10.1. The SMILES string of the molecule is CNc1ccccc1C(=O)NCc1sccc1Br. The average Bonchev–Trinajstić information content (AvgIpc) is 2.81. The van der Waals surface area contributed by atoms with E-state index in [9.17, 15) is 4.79 Å². The van der Waals surface area contributed by atoms with E-state index in [2.05, 4.69) is 26.6 Å². The van der Waals surface area contributed by atoms with Crippen LogP contribution in [0.1, 0.15) is 15.2 Å². The highest BCUT2D eigenvalue weighted by Crippen LogP contribution is 2.22. The van der Waals surface area contributed by atoms with Gasteiger partial charge < -0.3 is 10.6 Å². The monoisotopic (exact) mass is 324 g/mol. The first-order valence-corrected chi connectivity index (χ1v) is 7.16. The van der Waals surface area contributed by atoms with Crippen molar-refractivity contribution in [1.29, 1.82) is 0 Å². The summed E-state index contributed by atoms with van der Waals surface area (Å²) in [4.78, 5) is 13.2. The van der Waals surface area contributed by atoms with E-state index >= 15 is 0 Å². The molecular weight excluding hydrogens is 312 g/mol. The predicted molar refractivity (Wildman–Crippen MR) is 79.2 cm³/mol. The highest BCUT2D eigenvalue weighted by molar-refractivity contribution is 9.10. The number of anilines is 1. The van der Waals surface area contributed by atoms with Gasteiger partial charge in [0.25, 0.3) is 5.91 Å². The van der Waals surface area contributed by atoms with Gasteiger partial charge in [-0.25, -0.2) is 0 Å². The van der Waals surface area contributed by atoms with Gasteiger partial charge in [0.1, 0.15) is 0 Å². The van der Waals surface area contributed by atoms with Gasteiger partial charge >= 0.3 is 0 Å². The van der Waals surface area contributed by atoms with Crippen molar-refractivity contribution in [2.45, 2.75) is 6.54 Å².